The molecule has 0 bridgehead atoms. The van der Waals surface area contributed by atoms with Crippen molar-refractivity contribution < 1.29 is 18.7 Å². The molecule has 0 aliphatic heterocycles. The van der Waals surface area contributed by atoms with Crippen molar-refractivity contribution in [1.82, 2.24) is 0 Å². The molecular formula is C18H16FNO3. The normalized spacial score (nSPS) is 14.3. The number of Topliss-reactive ketones (excluding diaryl/α,β-unsaturated/α-hetero) is 1. The Hall–Kier alpha value is -2.69. The van der Waals surface area contributed by atoms with Crippen LogP contribution in [0.15, 0.2) is 42.5 Å². The Bertz CT molecular complexity index is 773. The number of fused-ring (bicyclic) bond motifs is 1. The highest BCUT2D eigenvalue weighted by molar-refractivity contribution is 6.01. The maximum absolute atomic E-state index is 13.1. The van der Waals surface area contributed by atoms with Crippen molar-refractivity contribution in [2.24, 2.45) is 0 Å². The number of hydrogen-bond donors (Lipinski definition) is 1. The number of amides is 1. The van der Waals surface area contributed by atoms with Crippen LogP contribution in [0.2, 0.25) is 0 Å². The van der Waals surface area contributed by atoms with Gasteiger partial charge in [0.15, 0.2) is 11.9 Å². The summed E-state index contributed by atoms with van der Waals surface area (Å²) in [6.45, 7) is 1.62. The fourth-order valence-electron chi connectivity index (χ4n) is 2.62. The Morgan fingerprint density at radius 3 is 2.78 bits per heavy atom. The van der Waals surface area contributed by atoms with Gasteiger partial charge in [0.2, 0.25) is 0 Å². The van der Waals surface area contributed by atoms with E-state index in [1.54, 1.807) is 31.2 Å². The Morgan fingerprint density at radius 1 is 1.22 bits per heavy atom. The average molecular weight is 313 g/mol. The molecule has 0 radical (unpaired) electrons. The van der Waals surface area contributed by atoms with E-state index < -0.39 is 11.9 Å². The summed E-state index contributed by atoms with van der Waals surface area (Å²) in [6.07, 6.45) is 0.336. The third-order valence-electron chi connectivity index (χ3n) is 3.80. The summed E-state index contributed by atoms with van der Waals surface area (Å²) in [5, 5.41) is 2.61. The summed E-state index contributed by atoms with van der Waals surface area (Å²) in [5.41, 5.74) is 1.89. The lowest BCUT2D eigenvalue weighted by Gasteiger charge is -2.17. The molecule has 23 heavy (non-hydrogen) atoms. The van der Waals surface area contributed by atoms with Gasteiger partial charge in [-0.3, -0.25) is 9.59 Å². The molecular weight excluding hydrogens is 297 g/mol. The van der Waals surface area contributed by atoms with E-state index >= 15 is 0 Å². The molecule has 1 amide bonds. The molecule has 4 nitrogen and oxygen atoms in total. The Kier molecular flexibility index (Phi) is 4.10. The lowest BCUT2D eigenvalue weighted by molar-refractivity contribution is -0.122. The molecule has 1 atom stereocenters. The first-order valence-corrected chi connectivity index (χ1v) is 7.43. The molecule has 2 aromatic carbocycles. The first kappa shape index (κ1) is 15.2. The van der Waals surface area contributed by atoms with Gasteiger partial charge in [-0.2, -0.15) is 0 Å². The molecule has 1 N–H and O–H groups in total. The summed E-state index contributed by atoms with van der Waals surface area (Å²) in [5.74, 6) is -0.147. The predicted octanol–water partition coefficient (Wildman–Crippen LogP) is 3.36. The highest BCUT2D eigenvalue weighted by Gasteiger charge is 2.24. The zero-order valence-corrected chi connectivity index (χ0v) is 12.6. The predicted molar refractivity (Wildman–Crippen MR) is 84.2 cm³/mol. The number of ketones is 1. The molecule has 1 unspecified atom stereocenters. The molecule has 0 aromatic heterocycles. The number of ether oxygens (including phenoxy) is 1. The van der Waals surface area contributed by atoms with Crippen LogP contribution >= 0.6 is 0 Å². The molecule has 0 saturated carbocycles. The van der Waals surface area contributed by atoms with Crippen LogP contribution < -0.4 is 10.1 Å². The first-order valence-electron chi connectivity index (χ1n) is 7.43. The third-order valence-corrected chi connectivity index (χ3v) is 3.80. The van der Waals surface area contributed by atoms with Crippen LogP contribution in [0, 0.1) is 5.82 Å². The molecule has 0 heterocycles. The van der Waals surface area contributed by atoms with Crippen LogP contribution in [-0.4, -0.2) is 17.8 Å². The molecule has 5 heteroatoms. The van der Waals surface area contributed by atoms with Gasteiger partial charge >= 0.3 is 0 Å². The third kappa shape index (κ3) is 3.23. The fourth-order valence-corrected chi connectivity index (χ4v) is 2.62. The van der Waals surface area contributed by atoms with Crippen molar-refractivity contribution in [2.45, 2.75) is 25.9 Å². The Balaban J connectivity index is 1.71. The monoisotopic (exact) mass is 313 g/mol. The van der Waals surface area contributed by atoms with E-state index in [1.165, 1.54) is 18.2 Å². The van der Waals surface area contributed by atoms with Crippen molar-refractivity contribution in [2.75, 3.05) is 5.32 Å². The second-order valence-electron chi connectivity index (χ2n) is 5.47. The van der Waals surface area contributed by atoms with Gasteiger partial charge in [-0.25, -0.2) is 4.39 Å². The zero-order valence-electron chi connectivity index (χ0n) is 12.6. The van der Waals surface area contributed by atoms with E-state index in [4.69, 9.17) is 4.74 Å². The largest absolute Gasteiger partial charge is 0.481 e. The topological polar surface area (TPSA) is 55.4 Å². The smallest absolute Gasteiger partial charge is 0.265 e. The van der Waals surface area contributed by atoms with E-state index in [1.807, 2.05) is 0 Å². The van der Waals surface area contributed by atoms with Gasteiger partial charge in [-0.15, -0.1) is 0 Å². The van der Waals surface area contributed by atoms with Gasteiger partial charge in [0.25, 0.3) is 5.91 Å². The van der Waals surface area contributed by atoms with Gasteiger partial charge < -0.3 is 10.1 Å². The lowest BCUT2D eigenvalue weighted by Crippen LogP contribution is -2.30. The fraction of sp³-hybridized carbons (Fsp3) is 0.222. The van der Waals surface area contributed by atoms with Crippen LogP contribution in [-0.2, 0) is 11.2 Å². The standard InChI is InChI=1S/C18H16FNO3/c1-11(18(22)20-13-5-2-4-12(19)10-13)23-17-7-3-6-14-15(17)8-9-16(14)21/h2-7,10-11H,8-9H2,1H3,(H,20,22). The van der Waals surface area contributed by atoms with E-state index in [9.17, 15) is 14.0 Å². The summed E-state index contributed by atoms with van der Waals surface area (Å²) in [6, 6.07) is 10.9. The average Bonchev–Trinajstić information content (AvgIpc) is 2.90. The van der Waals surface area contributed by atoms with Gasteiger partial charge in [-0.1, -0.05) is 18.2 Å². The van der Waals surface area contributed by atoms with E-state index in [0.29, 0.717) is 29.8 Å². The number of carbonyl (C=O) groups is 2. The second kappa shape index (κ2) is 6.20. The molecule has 0 saturated heterocycles. The number of halogens is 1. The number of nitrogens with one attached hydrogen (secondary N) is 1. The van der Waals surface area contributed by atoms with Crippen LogP contribution in [0.25, 0.3) is 0 Å². The summed E-state index contributed by atoms with van der Waals surface area (Å²) in [7, 11) is 0. The minimum Gasteiger partial charge on any atom is -0.481 e. The van der Waals surface area contributed by atoms with Crippen LogP contribution in [0.5, 0.6) is 5.75 Å². The Labute approximate surface area is 133 Å². The molecule has 0 spiro atoms. The molecule has 1 aliphatic rings. The molecule has 118 valence electrons. The van der Waals surface area contributed by atoms with Crippen molar-refractivity contribution in [3.05, 3.63) is 59.4 Å². The quantitative estimate of drug-likeness (QED) is 0.941. The Morgan fingerprint density at radius 2 is 2.00 bits per heavy atom. The molecule has 2 aromatic rings. The van der Waals surface area contributed by atoms with Crippen LogP contribution in [0.1, 0.15) is 29.3 Å². The summed E-state index contributed by atoms with van der Waals surface area (Å²) >= 11 is 0. The van der Waals surface area contributed by atoms with Crippen molar-refractivity contribution in [1.29, 1.82) is 0 Å². The molecule has 3 rings (SSSR count). The number of rotatable bonds is 4. The first-order chi connectivity index (χ1) is 11.0. The maximum Gasteiger partial charge on any atom is 0.265 e. The van der Waals surface area contributed by atoms with Crippen molar-refractivity contribution in [3.8, 4) is 5.75 Å². The highest BCUT2D eigenvalue weighted by atomic mass is 19.1. The SMILES string of the molecule is CC(Oc1cccc2c1CCC2=O)C(=O)Nc1cccc(F)c1. The minimum absolute atomic E-state index is 0.0994. The lowest BCUT2D eigenvalue weighted by atomic mass is 10.1. The van der Waals surface area contributed by atoms with Crippen LogP contribution in [0.4, 0.5) is 10.1 Å². The maximum atomic E-state index is 13.1. The van der Waals surface area contributed by atoms with E-state index in [2.05, 4.69) is 5.32 Å². The van der Waals surface area contributed by atoms with Gasteiger partial charge in [0, 0.05) is 23.2 Å². The number of hydrogen-bond acceptors (Lipinski definition) is 3. The van der Waals surface area contributed by atoms with E-state index in [-0.39, 0.29) is 11.7 Å². The van der Waals surface area contributed by atoms with Gasteiger partial charge in [-0.05, 0) is 37.6 Å². The summed E-state index contributed by atoms with van der Waals surface area (Å²) in [4.78, 5) is 23.9. The van der Waals surface area contributed by atoms with Crippen molar-refractivity contribution >= 4 is 17.4 Å². The second-order valence-corrected chi connectivity index (χ2v) is 5.47. The number of benzene rings is 2. The van der Waals surface area contributed by atoms with Gasteiger partial charge in [0.05, 0.1) is 0 Å². The van der Waals surface area contributed by atoms with Gasteiger partial charge in [0.1, 0.15) is 11.6 Å². The minimum atomic E-state index is -0.763. The van der Waals surface area contributed by atoms with Crippen molar-refractivity contribution in [3.63, 3.8) is 0 Å². The molecule has 1 aliphatic carbocycles. The highest BCUT2D eigenvalue weighted by Crippen LogP contribution is 2.31. The van der Waals surface area contributed by atoms with E-state index in [0.717, 1.165) is 5.56 Å². The molecule has 0 fully saturated rings. The zero-order chi connectivity index (χ0) is 16.4. The van der Waals surface area contributed by atoms with Crippen LogP contribution in [0.3, 0.4) is 0 Å². The summed E-state index contributed by atoms with van der Waals surface area (Å²) < 4.78 is 18.8. The number of anilines is 1. The number of carbonyl (C=O) groups excluding carboxylic acids is 2.